The highest BCUT2D eigenvalue weighted by Gasteiger charge is 2.40. The lowest BCUT2D eigenvalue weighted by molar-refractivity contribution is 0.102. The van der Waals surface area contributed by atoms with E-state index >= 15 is 0 Å². The zero-order valence-electron chi connectivity index (χ0n) is 19.8. The molecule has 36 heavy (non-hydrogen) atoms. The number of hydrogen-bond acceptors (Lipinski definition) is 2. The van der Waals surface area contributed by atoms with Crippen LogP contribution in [0.2, 0.25) is 0 Å². The second-order valence-electron chi connectivity index (χ2n) is 9.80. The number of amides is 1. The van der Waals surface area contributed by atoms with E-state index in [4.69, 9.17) is 0 Å². The Balaban J connectivity index is 1.40. The van der Waals surface area contributed by atoms with E-state index in [9.17, 15) is 4.79 Å². The van der Waals surface area contributed by atoms with Crippen molar-refractivity contribution in [2.45, 2.75) is 18.4 Å². The van der Waals surface area contributed by atoms with E-state index in [2.05, 4.69) is 83.4 Å². The number of carbonyl (C=O) groups is 1. The Kier molecular flexibility index (Phi) is 4.88. The Labute approximate surface area is 210 Å². The van der Waals surface area contributed by atoms with Crippen molar-refractivity contribution in [3.05, 3.63) is 132 Å². The molecule has 0 spiro atoms. The molecule has 3 unspecified atom stereocenters. The van der Waals surface area contributed by atoms with Crippen molar-refractivity contribution < 1.29 is 4.79 Å². The second kappa shape index (κ2) is 8.39. The van der Waals surface area contributed by atoms with Crippen molar-refractivity contribution in [3.63, 3.8) is 0 Å². The van der Waals surface area contributed by atoms with Crippen molar-refractivity contribution in [1.29, 1.82) is 0 Å². The summed E-state index contributed by atoms with van der Waals surface area (Å²) in [6, 6.07) is 35.5. The van der Waals surface area contributed by atoms with E-state index in [1.807, 2.05) is 42.5 Å². The third-order valence-corrected chi connectivity index (χ3v) is 7.80. The minimum atomic E-state index is -0.0903. The minimum Gasteiger partial charge on any atom is -0.377 e. The number of allylic oxidation sites excluding steroid dienone is 2. The fourth-order valence-electron chi connectivity index (χ4n) is 6.20. The van der Waals surface area contributed by atoms with Crippen molar-refractivity contribution >= 4 is 38.8 Å². The molecular weight excluding hydrogens is 440 g/mol. The lowest BCUT2D eigenvalue weighted by atomic mass is 9.74. The van der Waals surface area contributed by atoms with Crippen molar-refractivity contribution in [1.82, 2.24) is 0 Å². The first-order valence-corrected chi connectivity index (χ1v) is 12.6. The van der Waals surface area contributed by atoms with Gasteiger partial charge < -0.3 is 10.6 Å². The fourth-order valence-corrected chi connectivity index (χ4v) is 6.20. The van der Waals surface area contributed by atoms with Gasteiger partial charge in [0.2, 0.25) is 0 Å². The van der Waals surface area contributed by atoms with Gasteiger partial charge in [0.1, 0.15) is 0 Å². The Morgan fingerprint density at radius 1 is 0.778 bits per heavy atom. The van der Waals surface area contributed by atoms with E-state index in [0.29, 0.717) is 11.5 Å². The molecule has 0 saturated heterocycles. The molecule has 7 rings (SSSR count). The van der Waals surface area contributed by atoms with Crippen LogP contribution in [-0.2, 0) is 0 Å². The van der Waals surface area contributed by atoms with Crippen LogP contribution in [0.25, 0.3) is 21.5 Å². The van der Waals surface area contributed by atoms with Crippen LogP contribution in [0.15, 0.2) is 115 Å². The molecular formula is C33H26N2O. The summed E-state index contributed by atoms with van der Waals surface area (Å²) in [5.41, 5.74) is 4.96. The number of hydrogen-bond donors (Lipinski definition) is 2. The first-order chi connectivity index (χ1) is 17.8. The first-order valence-electron chi connectivity index (χ1n) is 12.6. The van der Waals surface area contributed by atoms with E-state index in [0.717, 1.165) is 17.8 Å². The number of para-hydroxylation sites is 2. The summed E-state index contributed by atoms with van der Waals surface area (Å²) in [6.45, 7) is 0. The van der Waals surface area contributed by atoms with Crippen LogP contribution in [0.3, 0.4) is 0 Å². The van der Waals surface area contributed by atoms with Crippen LogP contribution in [0.4, 0.5) is 11.4 Å². The zero-order chi connectivity index (χ0) is 24.1. The van der Waals surface area contributed by atoms with Gasteiger partial charge in [0.15, 0.2) is 0 Å². The second-order valence-corrected chi connectivity index (χ2v) is 9.80. The van der Waals surface area contributed by atoms with E-state index in [1.165, 1.54) is 32.7 Å². The summed E-state index contributed by atoms with van der Waals surface area (Å²) >= 11 is 0. The van der Waals surface area contributed by atoms with Gasteiger partial charge in [-0.1, -0.05) is 91.0 Å². The number of rotatable bonds is 3. The van der Waals surface area contributed by atoms with E-state index < -0.39 is 0 Å². The van der Waals surface area contributed by atoms with Crippen LogP contribution < -0.4 is 10.6 Å². The van der Waals surface area contributed by atoms with Gasteiger partial charge in [-0.3, -0.25) is 4.79 Å². The molecule has 1 heterocycles. The van der Waals surface area contributed by atoms with Crippen LogP contribution in [0.1, 0.15) is 39.9 Å². The summed E-state index contributed by atoms with van der Waals surface area (Å²) in [5, 5.41) is 12.0. The molecule has 0 fully saturated rings. The van der Waals surface area contributed by atoms with Crippen molar-refractivity contribution in [2.75, 3.05) is 10.6 Å². The average molecular weight is 467 g/mol. The lowest BCUT2D eigenvalue weighted by Crippen LogP contribution is -2.31. The molecule has 5 aromatic rings. The van der Waals surface area contributed by atoms with Crippen LogP contribution in [0.5, 0.6) is 0 Å². The lowest BCUT2D eigenvalue weighted by Gasteiger charge is -2.39. The smallest absolute Gasteiger partial charge is 0.257 e. The van der Waals surface area contributed by atoms with Crippen molar-refractivity contribution in [2.24, 2.45) is 5.92 Å². The van der Waals surface area contributed by atoms with Gasteiger partial charge in [0.25, 0.3) is 5.91 Å². The molecule has 0 bridgehead atoms. The first kappa shape index (κ1) is 21.0. The molecule has 5 aromatic carbocycles. The highest BCUT2D eigenvalue weighted by Crippen LogP contribution is 2.52. The number of nitrogens with one attached hydrogen (secondary N) is 2. The molecule has 1 aliphatic heterocycles. The average Bonchev–Trinajstić information content (AvgIpc) is 3.42. The SMILES string of the molecule is O=C(Nc1ccccc1)c1cccc2c1NC(c1c3ccccc3cc3ccccc13)C1CC=CC21. The highest BCUT2D eigenvalue weighted by atomic mass is 16.1. The third kappa shape index (κ3) is 3.31. The molecule has 2 aliphatic rings. The topological polar surface area (TPSA) is 41.1 Å². The minimum absolute atomic E-state index is 0.0826. The zero-order valence-corrected chi connectivity index (χ0v) is 19.8. The summed E-state index contributed by atoms with van der Waals surface area (Å²) < 4.78 is 0. The maximum Gasteiger partial charge on any atom is 0.257 e. The van der Waals surface area contributed by atoms with E-state index in [-0.39, 0.29) is 17.9 Å². The number of carbonyl (C=O) groups excluding carboxylic acids is 1. The standard InChI is InChI=1S/C33H26N2O/c36-33(34-23-12-2-1-3-13-23)29-19-9-17-27-26-16-8-18-28(26)32(35-31(27)29)30-24-14-6-4-10-21(24)20-22-11-5-7-15-25(22)30/h1-17,19-20,26,28,32,35H,18H2,(H,34,36). The van der Waals surface area contributed by atoms with Gasteiger partial charge in [0, 0.05) is 11.6 Å². The Hall–Kier alpha value is -4.37. The maximum absolute atomic E-state index is 13.5. The quantitative estimate of drug-likeness (QED) is 0.208. The Morgan fingerprint density at radius 3 is 2.22 bits per heavy atom. The normalized spacial score (nSPS) is 20.1. The van der Waals surface area contributed by atoms with Crippen LogP contribution in [-0.4, -0.2) is 5.91 Å². The summed E-state index contributed by atoms with van der Waals surface area (Å²) in [5.74, 6) is 0.570. The summed E-state index contributed by atoms with van der Waals surface area (Å²) in [6.07, 6.45) is 5.66. The molecule has 0 radical (unpaired) electrons. The highest BCUT2D eigenvalue weighted by molar-refractivity contribution is 6.09. The molecule has 0 aromatic heterocycles. The molecule has 3 heteroatoms. The maximum atomic E-state index is 13.5. The van der Waals surface area contributed by atoms with Crippen LogP contribution in [0, 0.1) is 5.92 Å². The molecule has 174 valence electrons. The predicted octanol–water partition coefficient (Wildman–Crippen LogP) is 8.07. The number of fused-ring (bicyclic) bond motifs is 5. The molecule has 0 saturated carbocycles. The molecule has 3 nitrogen and oxygen atoms in total. The summed E-state index contributed by atoms with van der Waals surface area (Å²) in [4.78, 5) is 13.5. The van der Waals surface area contributed by atoms with Gasteiger partial charge >= 0.3 is 0 Å². The van der Waals surface area contributed by atoms with Gasteiger partial charge in [0.05, 0.1) is 17.3 Å². The van der Waals surface area contributed by atoms with Crippen LogP contribution >= 0.6 is 0 Å². The van der Waals surface area contributed by atoms with Gasteiger partial charge in [-0.2, -0.15) is 0 Å². The Bertz CT molecular complexity index is 1600. The monoisotopic (exact) mass is 466 g/mol. The largest absolute Gasteiger partial charge is 0.377 e. The third-order valence-electron chi connectivity index (χ3n) is 7.80. The predicted molar refractivity (Wildman–Crippen MR) is 149 cm³/mol. The molecule has 1 aliphatic carbocycles. The fraction of sp³-hybridized carbons (Fsp3) is 0.121. The molecule has 1 amide bonds. The molecule has 2 N–H and O–H groups in total. The summed E-state index contributed by atoms with van der Waals surface area (Å²) in [7, 11) is 0. The Morgan fingerprint density at radius 2 is 1.47 bits per heavy atom. The van der Waals surface area contributed by atoms with E-state index in [1.54, 1.807) is 0 Å². The number of anilines is 2. The van der Waals surface area contributed by atoms with Crippen molar-refractivity contribution in [3.8, 4) is 0 Å². The van der Waals surface area contributed by atoms with Gasteiger partial charge in [-0.15, -0.1) is 0 Å². The molecule has 3 atom stereocenters. The van der Waals surface area contributed by atoms with Gasteiger partial charge in [-0.25, -0.2) is 0 Å². The van der Waals surface area contributed by atoms with Gasteiger partial charge in [-0.05, 0) is 69.3 Å². The number of benzene rings is 5.